The Labute approximate surface area is 209 Å². The number of carboxylic acid groups (broad SMARTS) is 1. The molecule has 1 aromatic heterocycles. The number of carbonyl (C=O) groups excluding carboxylic acids is 1. The first-order valence-electron chi connectivity index (χ1n) is 12.3. The highest BCUT2D eigenvalue weighted by atomic mass is 19.1. The van der Waals surface area contributed by atoms with E-state index in [1.54, 1.807) is 30.3 Å². The van der Waals surface area contributed by atoms with Gasteiger partial charge in [-0.15, -0.1) is 0 Å². The van der Waals surface area contributed by atoms with Gasteiger partial charge in [0.1, 0.15) is 5.82 Å². The third kappa shape index (κ3) is 7.60. The van der Waals surface area contributed by atoms with E-state index in [1.807, 2.05) is 12.1 Å². The summed E-state index contributed by atoms with van der Waals surface area (Å²) in [7, 11) is 0. The Morgan fingerprint density at radius 3 is 2.64 bits per heavy atom. The quantitative estimate of drug-likeness (QED) is 0.212. The molecular formula is C28H32FN3O4. The molecule has 0 aliphatic carbocycles. The second-order valence-corrected chi connectivity index (χ2v) is 8.88. The van der Waals surface area contributed by atoms with Crippen LogP contribution in [-0.4, -0.2) is 27.2 Å². The molecule has 0 bridgehead atoms. The SMILES string of the molecule is CCCCCCC=CCC(CC(=O)Nc1cc(Cc2n[nH]c(=O)c3ccccc23)ccc1F)C(=O)O. The first-order chi connectivity index (χ1) is 17.4. The highest BCUT2D eigenvalue weighted by Gasteiger charge is 2.21. The van der Waals surface area contributed by atoms with Crippen LogP contribution < -0.4 is 10.9 Å². The van der Waals surface area contributed by atoms with E-state index in [4.69, 9.17) is 0 Å². The van der Waals surface area contributed by atoms with E-state index < -0.39 is 23.6 Å². The summed E-state index contributed by atoms with van der Waals surface area (Å²) in [6.07, 6.45) is 9.48. The largest absolute Gasteiger partial charge is 0.481 e. The number of benzene rings is 2. The average Bonchev–Trinajstić information content (AvgIpc) is 2.86. The van der Waals surface area contributed by atoms with Crippen LogP contribution >= 0.6 is 0 Å². The normalized spacial score (nSPS) is 12.2. The molecule has 0 aliphatic heterocycles. The van der Waals surface area contributed by atoms with Gasteiger partial charge in [-0.1, -0.05) is 62.6 Å². The van der Waals surface area contributed by atoms with Crippen molar-refractivity contribution >= 4 is 28.3 Å². The summed E-state index contributed by atoms with van der Waals surface area (Å²) in [5.41, 5.74) is 0.973. The van der Waals surface area contributed by atoms with Gasteiger partial charge in [-0.3, -0.25) is 14.4 Å². The fraction of sp³-hybridized carbons (Fsp3) is 0.357. The van der Waals surface area contributed by atoms with E-state index in [0.717, 1.165) is 25.7 Å². The van der Waals surface area contributed by atoms with E-state index >= 15 is 0 Å². The third-order valence-corrected chi connectivity index (χ3v) is 6.04. The van der Waals surface area contributed by atoms with Gasteiger partial charge in [-0.2, -0.15) is 5.10 Å². The number of carbonyl (C=O) groups is 2. The van der Waals surface area contributed by atoms with Crippen LogP contribution in [0.4, 0.5) is 10.1 Å². The maximum absolute atomic E-state index is 14.4. The van der Waals surface area contributed by atoms with Crippen molar-refractivity contribution in [2.75, 3.05) is 5.32 Å². The standard InChI is InChI=1S/C28H32FN3O4/c1-2-3-4-5-6-7-8-11-20(28(35)36)18-26(33)30-25-17-19(14-15-23(25)29)16-24-21-12-9-10-13-22(21)27(34)32-31-24/h7-10,12-15,17,20H,2-6,11,16,18H2,1H3,(H,30,33)(H,32,34)(H,35,36). The number of halogens is 1. The number of carboxylic acids is 1. The van der Waals surface area contributed by atoms with E-state index in [0.29, 0.717) is 28.5 Å². The molecule has 3 rings (SSSR count). The molecule has 0 aliphatic rings. The molecule has 1 heterocycles. The molecule has 3 aromatic rings. The number of amides is 1. The number of aromatic amines is 1. The number of unbranched alkanes of at least 4 members (excludes halogenated alkanes) is 4. The summed E-state index contributed by atoms with van der Waals surface area (Å²) < 4.78 is 14.4. The molecule has 2 aromatic carbocycles. The van der Waals surface area contributed by atoms with Crippen molar-refractivity contribution in [3.63, 3.8) is 0 Å². The molecule has 0 spiro atoms. The van der Waals surface area contributed by atoms with Crippen LogP contribution in [0.15, 0.2) is 59.4 Å². The van der Waals surface area contributed by atoms with Crippen molar-refractivity contribution < 1.29 is 19.1 Å². The summed E-state index contributed by atoms with van der Waals surface area (Å²) in [6, 6.07) is 11.4. The predicted octanol–water partition coefficient (Wildman–Crippen LogP) is 5.60. The van der Waals surface area contributed by atoms with Gasteiger partial charge < -0.3 is 10.4 Å². The van der Waals surface area contributed by atoms with Crippen molar-refractivity contribution in [3.05, 3.63) is 82.0 Å². The number of nitrogens with one attached hydrogen (secondary N) is 2. The van der Waals surface area contributed by atoms with Gasteiger partial charge in [-0.05, 0) is 43.0 Å². The van der Waals surface area contributed by atoms with Crippen molar-refractivity contribution in [1.29, 1.82) is 0 Å². The van der Waals surface area contributed by atoms with Gasteiger partial charge in [0.25, 0.3) is 5.56 Å². The maximum atomic E-state index is 14.4. The minimum atomic E-state index is -1.06. The number of nitrogens with zero attached hydrogens (tertiary/aromatic N) is 1. The minimum Gasteiger partial charge on any atom is -0.481 e. The Balaban J connectivity index is 1.64. The summed E-state index contributed by atoms with van der Waals surface area (Å²) in [4.78, 5) is 36.2. The number of aliphatic carboxylic acids is 1. The van der Waals surface area contributed by atoms with E-state index in [-0.39, 0.29) is 24.1 Å². The molecule has 0 saturated carbocycles. The number of allylic oxidation sites excluding steroid dienone is 2. The van der Waals surface area contributed by atoms with Crippen LogP contribution in [0, 0.1) is 11.7 Å². The Kier molecular flexibility index (Phi) is 9.92. The number of rotatable bonds is 13. The molecule has 1 amide bonds. The third-order valence-electron chi connectivity index (χ3n) is 6.04. The van der Waals surface area contributed by atoms with Gasteiger partial charge in [0.15, 0.2) is 0 Å². The zero-order valence-electron chi connectivity index (χ0n) is 20.4. The zero-order chi connectivity index (χ0) is 25.9. The van der Waals surface area contributed by atoms with Crippen molar-refractivity contribution in [2.45, 2.75) is 58.3 Å². The number of aromatic nitrogens is 2. The Bertz CT molecular complexity index is 1290. The van der Waals surface area contributed by atoms with Gasteiger partial charge in [0.05, 0.1) is 22.7 Å². The summed E-state index contributed by atoms with van der Waals surface area (Å²) in [5.74, 6) is -3.14. The Morgan fingerprint density at radius 1 is 1.11 bits per heavy atom. The molecule has 190 valence electrons. The molecular weight excluding hydrogens is 461 g/mol. The van der Waals surface area contributed by atoms with Crippen LogP contribution in [0.1, 0.15) is 63.1 Å². The molecule has 8 heteroatoms. The molecule has 3 N–H and O–H groups in total. The van der Waals surface area contributed by atoms with E-state index in [1.165, 1.54) is 18.6 Å². The first kappa shape index (κ1) is 26.8. The Morgan fingerprint density at radius 2 is 1.89 bits per heavy atom. The fourth-order valence-electron chi connectivity index (χ4n) is 4.04. The maximum Gasteiger partial charge on any atom is 0.307 e. The number of hydrogen-bond acceptors (Lipinski definition) is 4. The molecule has 0 saturated heterocycles. The van der Waals surface area contributed by atoms with E-state index in [2.05, 4.69) is 22.4 Å². The lowest BCUT2D eigenvalue weighted by Gasteiger charge is -2.12. The van der Waals surface area contributed by atoms with Gasteiger partial charge in [0, 0.05) is 18.2 Å². The van der Waals surface area contributed by atoms with Crippen molar-refractivity contribution in [1.82, 2.24) is 10.2 Å². The van der Waals surface area contributed by atoms with Crippen LogP contribution in [0.3, 0.4) is 0 Å². The number of H-pyrrole nitrogens is 1. The zero-order valence-corrected chi connectivity index (χ0v) is 20.4. The second kappa shape index (κ2) is 13.3. The highest BCUT2D eigenvalue weighted by Crippen LogP contribution is 2.22. The van der Waals surface area contributed by atoms with Gasteiger partial charge in [0.2, 0.25) is 5.91 Å². The lowest BCUT2D eigenvalue weighted by atomic mass is 10.00. The topological polar surface area (TPSA) is 112 Å². The smallest absolute Gasteiger partial charge is 0.307 e. The van der Waals surface area contributed by atoms with Crippen molar-refractivity contribution in [2.24, 2.45) is 5.92 Å². The van der Waals surface area contributed by atoms with Crippen LogP contribution in [0.2, 0.25) is 0 Å². The molecule has 1 unspecified atom stereocenters. The lowest BCUT2D eigenvalue weighted by molar-refractivity contribution is -0.143. The molecule has 1 atom stereocenters. The molecule has 7 nitrogen and oxygen atoms in total. The van der Waals surface area contributed by atoms with Crippen LogP contribution in [-0.2, 0) is 16.0 Å². The Hall–Kier alpha value is -3.81. The van der Waals surface area contributed by atoms with Crippen molar-refractivity contribution in [3.8, 4) is 0 Å². The number of hydrogen-bond donors (Lipinski definition) is 3. The number of fused-ring (bicyclic) bond motifs is 1. The molecule has 36 heavy (non-hydrogen) atoms. The summed E-state index contributed by atoms with van der Waals surface area (Å²) in [5, 5.41) is 19.8. The first-order valence-corrected chi connectivity index (χ1v) is 12.3. The fourth-order valence-corrected chi connectivity index (χ4v) is 4.04. The monoisotopic (exact) mass is 493 g/mol. The van der Waals surface area contributed by atoms with Gasteiger partial charge >= 0.3 is 5.97 Å². The van der Waals surface area contributed by atoms with Gasteiger partial charge in [-0.25, -0.2) is 9.49 Å². The average molecular weight is 494 g/mol. The molecule has 0 radical (unpaired) electrons. The lowest BCUT2D eigenvalue weighted by Crippen LogP contribution is -2.22. The summed E-state index contributed by atoms with van der Waals surface area (Å²) in [6.45, 7) is 2.14. The van der Waals surface area contributed by atoms with Crippen LogP contribution in [0.5, 0.6) is 0 Å². The highest BCUT2D eigenvalue weighted by molar-refractivity contribution is 5.93. The minimum absolute atomic E-state index is 0.0261. The second-order valence-electron chi connectivity index (χ2n) is 8.88. The van der Waals surface area contributed by atoms with Crippen LogP contribution in [0.25, 0.3) is 10.8 Å². The van der Waals surface area contributed by atoms with E-state index in [9.17, 15) is 23.9 Å². The molecule has 0 fully saturated rings. The summed E-state index contributed by atoms with van der Waals surface area (Å²) >= 11 is 0. The number of anilines is 1. The predicted molar refractivity (Wildman–Crippen MR) is 138 cm³/mol.